The Bertz CT molecular complexity index is 3250. The van der Waals surface area contributed by atoms with E-state index in [0.717, 1.165) is 53.5 Å². The Hall–Kier alpha value is -8.17. The van der Waals surface area contributed by atoms with Crippen LogP contribution in [-0.4, -0.2) is 124 Å². The van der Waals surface area contributed by atoms with E-state index in [1.54, 1.807) is 35.2 Å². The second-order valence-electron chi connectivity index (χ2n) is 17.2. The van der Waals surface area contributed by atoms with Crippen LogP contribution in [0.4, 0.5) is 5.13 Å². The first-order chi connectivity index (χ1) is 36.2. The van der Waals surface area contributed by atoms with Crippen molar-refractivity contribution in [1.29, 1.82) is 0 Å². The van der Waals surface area contributed by atoms with Gasteiger partial charge in [-0.2, -0.15) is 0 Å². The summed E-state index contributed by atoms with van der Waals surface area (Å²) in [6.45, 7) is 0.749. The van der Waals surface area contributed by atoms with E-state index in [1.165, 1.54) is 30.0 Å². The quantitative estimate of drug-likeness (QED) is 0.0233. The number of aromatic hydroxyl groups is 4. The third-order valence-corrected chi connectivity index (χ3v) is 14.8. The van der Waals surface area contributed by atoms with Crippen LogP contribution < -0.4 is 36.9 Å². The lowest BCUT2D eigenvalue weighted by atomic mass is 9.89. The van der Waals surface area contributed by atoms with E-state index in [2.05, 4.69) is 36.7 Å². The molecule has 2 bridgehead atoms. The van der Waals surface area contributed by atoms with Crippen LogP contribution in [0.25, 0.3) is 11.1 Å². The number of nitrogens with zero attached hydrogens (tertiary/aromatic N) is 4. The second-order valence-corrected chi connectivity index (χ2v) is 20.3. The van der Waals surface area contributed by atoms with Crippen LogP contribution in [0.15, 0.2) is 95.5 Å². The molecule has 6 amide bonds. The number of phenolic OH excluding ortho intramolecular Hbond substituents is 4. The fraction of sp³-hybridized carbons (Fsp3) is 0.250. The van der Waals surface area contributed by atoms with Gasteiger partial charge >= 0.3 is 5.97 Å². The molecule has 6 atom stereocenters. The summed E-state index contributed by atoms with van der Waals surface area (Å²) in [6.07, 6.45) is 1.52. The van der Waals surface area contributed by atoms with Crippen molar-refractivity contribution in [3.63, 3.8) is 0 Å². The minimum absolute atomic E-state index is 0.0105. The number of thioether (sulfide) groups is 1. The Morgan fingerprint density at radius 1 is 0.961 bits per heavy atom. The van der Waals surface area contributed by atoms with Gasteiger partial charge in [0.05, 0.1) is 5.02 Å². The average molecular weight is 1120 g/mol. The molecule has 2 aromatic heterocycles. The van der Waals surface area contributed by atoms with Crippen LogP contribution in [0.1, 0.15) is 53.9 Å². The molecule has 3 aliphatic heterocycles. The number of carboxylic acids is 1. The SMILES string of the molecule is CC(=O)N[C@H]1C(=O)N[C@@H]([C@H](O)c2ccc(O)c(Cl)c2)C(=O)N[C@H](C(=O)NCCCO/N=C(\C(=O)N[C@@H]2C(=O)N3C(C(=O)O)=C(C[n+]4ccccc4)CS[C@H]23)c2nc(N)sc2Cl)c2cc(O)cc(O)c2-c2cc1ccc2O. The largest absolute Gasteiger partial charge is 0.508 e. The molecule has 3 aliphatic rings. The standard InChI is InChI=1S/C48H44Cl2N10O14S2/c1-20(61)53-32-21-6-8-28(63)25(14-21)31-26(16-24(62)17-30(31)65)33(54-44(70)36(55-42(32)68)39(66)22-7-9-29(64)27(49)15-22)41(67)52-10-5-13-74-58-35(34-40(50)76-48(51)57-34)43(69)56-37-45(71)60-38(47(72)73)23(19-75-46(37)60)18-59-11-3-2-4-12-59/h2-4,6-9,11-12,14-17,32-33,36-37,39,46,66H,5,10,13,18-19H2,1H3,(H11-,51,52,53,54,55,56,57,58,61,62,63,64,65,67,68,69,70,72,73)/p+1/t32-,33+,36+,37-,39-,46-/m1/s1. The molecule has 5 aromatic rings. The average Bonchev–Trinajstić information content (AvgIpc) is 3.76. The van der Waals surface area contributed by atoms with Gasteiger partial charge in [-0.05, 0) is 47.0 Å². The number of thiazole rings is 1. The number of aliphatic hydroxyl groups excluding tert-OH is 1. The van der Waals surface area contributed by atoms with Gasteiger partial charge in [-0.3, -0.25) is 33.7 Å². The summed E-state index contributed by atoms with van der Waals surface area (Å²) in [7, 11) is 0. The second kappa shape index (κ2) is 22.7. The summed E-state index contributed by atoms with van der Waals surface area (Å²) >= 11 is 14.6. The third-order valence-electron chi connectivity index (χ3n) is 12.0. The van der Waals surface area contributed by atoms with E-state index in [0.29, 0.717) is 5.57 Å². The molecular formula is C48H45Cl2N10O14S2+. The number of oxime groups is 1. The van der Waals surface area contributed by atoms with Gasteiger partial charge in [0.1, 0.15) is 81.0 Å². The number of aromatic nitrogens is 2. The Kier molecular flexibility index (Phi) is 16.2. The van der Waals surface area contributed by atoms with Crippen molar-refractivity contribution in [1.82, 2.24) is 36.5 Å². The van der Waals surface area contributed by atoms with E-state index < -0.39 is 100 Å². The van der Waals surface area contributed by atoms with E-state index in [1.807, 2.05) is 0 Å². The summed E-state index contributed by atoms with van der Waals surface area (Å²) in [5.74, 6) is -8.85. The van der Waals surface area contributed by atoms with Crippen molar-refractivity contribution in [3.8, 4) is 34.1 Å². The van der Waals surface area contributed by atoms with Gasteiger partial charge in [-0.25, -0.2) is 14.3 Å². The highest BCUT2D eigenvalue weighted by atomic mass is 35.5. The van der Waals surface area contributed by atoms with Gasteiger partial charge in [-0.15, -0.1) is 11.8 Å². The number of nitrogens with two attached hydrogens (primary N) is 1. The maximum atomic E-state index is 14.5. The Labute approximate surface area is 448 Å². The van der Waals surface area contributed by atoms with Gasteiger partial charge in [0.15, 0.2) is 29.8 Å². The summed E-state index contributed by atoms with van der Waals surface area (Å²) < 4.78 is 1.71. The molecule has 13 N–H and O–H groups in total. The monoisotopic (exact) mass is 1120 g/mol. The number of nitrogen functional groups attached to an aromatic ring is 1. The number of hydrogen-bond donors (Lipinski definition) is 12. The summed E-state index contributed by atoms with van der Waals surface area (Å²) in [5, 5.41) is 80.6. The zero-order chi connectivity index (χ0) is 54.7. The molecule has 1 fully saturated rings. The number of carboxylic acid groups (broad SMARTS) is 1. The number of nitrogens with one attached hydrogen (secondary N) is 5. The lowest BCUT2D eigenvalue weighted by Gasteiger charge is -2.49. The van der Waals surface area contributed by atoms with Gasteiger partial charge in [0.25, 0.3) is 11.8 Å². The first-order valence-electron chi connectivity index (χ1n) is 22.7. The maximum absolute atomic E-state index is 14.5. The Balaban J connectivity index is 1.02. The first kappa shape index (κ1) is 54.1. The zero-order valence-electron chi connectivity index (χ0n) is 39.4. The highest BCUT2D eigenvalue weighted by Gasteiger charge is 2.55. The number of hydrogen-bond acceptors (Lipinski definition) is 18. The molecule has 8 rings (SSSR count). The third kappa shape index (κ3) is 11.4. The lowest BCUT2D eigenvalue weighted by Crippen LogP contribution is -2.71. The number of benzene rings is 3. The number of carbonyl (C=O) groups excluding carboxylic acids is 6. The molecule has 1 saturated heterocycles. The van der Waals surface area contributed by atoms with Crippen molar-refractivity contribution in [2.24, 2.45) is 5.16 Å². The Morgan fingerprint density at radius 3 is 2.38 bits per heavy atom. The van der Waals surface area contributed by atoms with Crippen molar-refractivity contribution >= 4 is 98.6 Å². The van der Waals surface area contributed by atoms with E-state index >= 15 is 0 Å². The smallest absolute Gasteiger partial charge is 0.352 e. The molecule has 5 heterocycles. The van der Waals surface area contributed by atoms with Crippen LogP contribution in [0.3, 0.4) is 0 Å². The highest BCUT2D eigenvalue weighted by molar-refractivity contribution is 8.00. The number of fused-ring (bicyclic) bond motifs is 5. The molecule has 24 nitrogen and oxygen atoms in total. The molecule has 396 valence electrons. The summed E-state index contributed by atoms with van der Waals surface area (Å²) in [5.41, 5.74) is 4.63. The predicted octanol–water partition coefficient (Wildman–Crippen LogP) is 1.74. The van der Waals surface area contributed by atoms with E-state index in [-0.39, 0.29) is 91.3 Å². The van der Waals surface area contributed by atoms with Crippen molar-refractivity contribution in [3.05, 3.63) is 122 Å². The van der Waals surface area contributed by atoms with Gasteiger partial charge < -0.3 is 67.8 Å². The first-order valence-corrected chi connectivity index (χ1v) is 25.3. The highest BCUT2D eigenvalue weighted by Crippen LogP contribution is 2.45. The summed E-state index contributed by atoms with van der Waals surface area (Å²) in [4.78, 5) is 106. The molecule has 0 aliphatic carbocycles. The van der Waals surface area contributed by atoms with Crippen LogP contribution in [0.5, 0.6) is 23.0 Å². The lowest BCUT2D eigenvalue weighted by molar-refractivity contribution is -0.689. The van der Waals surface area contributed by atoms with Crippen molar-refractivity contribution < 1.29 is 73.6 Å². The normalized spacial score (nSPS) is 19.8. The van der Waals surface area contributed by atoms with Crippen molar-refractivity contribution in [2.75, 3.05) is 24.6 Å². The molecule has 0 unspecified atom stereocenters. The fourth-order valence-corrected chi connectivity index (χ4v) is 11.0. The Morgan fingerprint density at radius 2 is 1.70 bits per heavy atom. The van der Waals surface area contributed by atoms with Gasteiger partial charge in [-0.1, -0.05) is 57.9 Å². The number of phenols is 4. The number of β-lactam (4-membered cyclic amide) rings is 1. The fourth-order valence-electron chi connectivity index (χ4n) is 8.52. The van der Waals surface area contributed by atoms with Gasteiger partial charge in [0, 0.05) is 60.5 Å². The number of aliphatic hydroxyl groups is 1. The van der Waals surface area contributed by atoms with Crippen LogP contribution in [0, 0.1) is 0 Å². The molecule has 28 heteroatoms. The number of aliphatic carboxylic acids is 1. The van der Waals surface area contributed by atoms with Crippen LogP contribution in [0.2, 0.25) is 9.36 Å². The van der Waals surface area contributed by atoms with Crippen LogP contribution >= 0.6 is 46.3 Å². The maximum Gasteiger partial charge on any atom is 0.352 e. The minimum Gasteiger partial charge on any atom is -0.508 e. The molecule has 3 aromatic carbocycles. The molecule has 0 saturated carbocycles. The number of carbonyl (C=O) groups is 7. The van der Waals surface area contributed by atoms with E-state index in [4.69, 9.17) is 33.8 Å². The number of amides is 6. The topological polar surface area (TPSA) is 369 Å². The molecule has 76 heavy (non-hydrogen) atoms. The molecule has 0 spiro atoms. The molecular weight excluding hydrogens is 1080 g/mol. The molecule has 0 radical (unpaired) electrons. The predicted molar refractivity (Wildman–Crippen MR) is 272 cm³/mol. The number of rotatable bonds is 15. The zero-order valence-corrected chi connectivity index (χ0v) is 42.5. The van der Waals surface area contributed by atoms with E-state index in [9.17, 15) is 64.2 Å². The number of anilines is 1. The van der Waals surface area contributed by atoms with Crippen LogP contribution in [-0.2, 0) is 44.9 Å². The van der Waals surface area contributed by atoms with Gasteiger partial charge in [0.2, 0.25) is 23.6 Å². The minimum atomic E-state index is -1.97. The number of halogens is 2. The summed E-state index contributed by atoms with van der Waals surface area (Å²) in [6, 6.07) is 7.79. The van der Waals surface area contributed by atoms with Crippen molar-refractivity contribution in [2.45, 2.75) is 55.5 Å². The number of pyridine rings is 1.